The normalized spacial score (nSPS) is 12.7. The Morgan fingerprint density at radius 1 is 1.37 bits per heavy atom. The fraction of sp³-hybridized carbons (Fsp3) is 0.333. The molecule has 0 bridgehead atoms. The van der Waals surface area contributed by atoms with Gasteiger partial charge in [0.15, 0.2) is 5.05 Å². The average Bonchev–Trinajstić information content (AvgIpc) is 2.33. The summed E-state index contributed by atoms with van der Waals surface area (Å²) in [4.78, 5) is 11.3. The quantitative estimate of drug-likeness (QED) is 0.631. The first-order valence-corrected chi connectivity index (χ1v) is 5.58. The van der Waals surface area contributed by atoms with E-state index in [9.17, 15) is 18.0 Å². The zero-order valence-corrected chi connectivity index (χ0v) is 11.0. The number of esters is 1. The lowest BCUT2D eigenvalue weighted by molar-refractivity contribution is -0.201. The second-order valence-electron chi connectivity index (χ2n) is 3.65. The van der Waals surface area contributed by atoms with Crippen LogP contribution in [0, 0.1) is 0 Å². The number of ether oxygens (including phenoxy) is 2. The third kappa shape index (κ3) is 4.20. The first-order valence-electron chi connectivity index (χ1n) is 5.18. The molecule has 0 heterocycles. The van der Waals surface area contributed by atoms with Gasteiger partial charge in [0.1, 0.15) is 0 Å². The van der Waals surface area contributed by atoms with Gasteiger partial charge in [0.05, 0.1) is 12.7 Å². The second kappa shape index (κ2) is 6.01. The number of hydrogen-bond acceptors (Lipinski definition) is 4. The molecular formula is C12H11F3O3S. The van der Waals surface area contributed by atoms with E-state index in [1.165, 1.54) is 25.1 Å². The van der Waals surface area contributed by atoms with Gasteiger partial charge in [0.25, 0.3) is 0 Å². The van der Waals surface area contributed by atoms with Crippen LogP contribution in [0.1, 0.15) is 28.9 Å². The minimum atomic E-state index is -4.63. The van der Waals surface area contributed by atoms with Crippen molar-refractivity contribution in [2.24, 2.45) is 0 Å². The van der Waals surface area contributed by atoms with Gasteiger partial charge in [-0.3, -0.25) is 0 Å². The molecule has 0 aliphatic carbocycles. The number of halogens is 3. The maximum Gasteiger partial charge on any atom is 0.429 e. The van der Waals surface area contributed by atoms with E-state index in [0.29, 0.717) is 0 Å². The summed E-state index contributed by atoms with van der Waals surface area (Å²) in [5, 5.41) is -0.231. The molecule has 0 saturated carbocycles. The number of carbonyl (C=O) groups excluding carboxylic acids is 1. The topological polar surface area (TPSA) is 35.5 Å². The summed E-state index contributed by atoms with van der Waals surface area (Å²) < 4.78 is 47.7. The molecule has 0 amide bonds. The molecule has 7 heteroatoms. The van der Waals surface area contributed by atoms with E-state index in [1.807, 2.05) is 0 Å². The monoisotopic (exact) mass is 292 g/mol. The average molecular weight is 292 g/mol. The van der Waals surface area contributed by atoms with Gasteiger partial charge in [-0.15, -0.1) is 0 Å². The fourth-order valence-electron chi connectivity index (χ4n) is 1.44. The molecule has 0 radical (unpaired) electrons. The number of carbonyl (C=O) groups is 1. The Labute approximate surface area is 113 Å². The van der Waals surface area contributed by atoms with Crippen LogP contribution in [0.3, 0.4) is 0 Å². The summed E-state index contributed by atoms with van der Waals surface area (Å²) >= 11 is 4.53. The first-order chi connectivity index (χ1) is 8.75. The van der Waals surface area contributed by atoms with Crippen LogP contribution in [0.15, 0.2) is 24.3 Å². The summed E-state index contributed by atoms with van der Waals surface area (Å²) in [6.07, 6.45) is -6.83. The van der Waals surface area contributed by atoms with Crippen molar-refractivity contribution in [3.63, 3.8) is 0 Å². The van der Waals surface area contributed by atoms with E-state index in [4.69, 9.17) is 0 Å². The molecule has 0 N–H and O–H groups in total. The highest BCUT2D eigenvalue weighted by Gasteiger charge is 2.43. The standard InChI is InChI=1S/C12H11F3O3S/c1-7(19)18-10(12(13,14)15)8-4-3-5-9(6-8)11(16)17-2/h3-6,10H,1-2H3. The number of rotatable bonds is 3. The van der Waals surface area contributed by atoms with Crippen molar-refractivity contribution in [3.05, 3.63) is 35.4 Å². The zero-order chi connectivity index (χ0) is 14.6. The Balaban J connectivity index is 3.16. The van der Waals surface area contributed by atoms with Gasteiger partial charge in [0.2, 0.25) is 6.10 Å². The van der Waals surface area contributed by atoms with E-state index in [-0.39, 0.29) is 16.2 Å². The molecular weight excluding hydrogens is 281 g/mol. The molecule has 0 saturated heterocycles. The molecule has 1 unspecified atom stereocenters. The van der Waals surface area contributed by atoms with Crippen LogP contribution in [0.2, 0.25) is 0 Å². The van der Waals surface area contributed by atoms with Gasteiger partial charge in [-0.2, -0.15) is 13.2 Å². The molecule has 0 aliphatic rings. The number of thiocarbonyl (C=S) groups is 1. The van der Waals surface area contributed by atoms with Gasteiger partial charge >= 0.3 is 12.1 Å². The highest BCUT2D eigenvalue weighted by atomic mass is 32.1. The van der Waals surface area contributed by atoms with E-state index in [2.05, 4.69) is 21.7 Å². The van der Waals surface area contributed by atoms with Crippen molar-refractivity contribution >= 4 is 23.2 Å². The van der Waals surface area contributed by atoms with Gasteiger partial charge in [-0.05, 0) is 24.4 Å². The van der Waals surface area contributed by atoms with E-state index >= 15 is 0 Å². The van der Waals surface area contributed by atoms with Crippen molar-refractivity contribution in [1.29, 1.82) is 0 Å². The Bertz CT molecular complexity index is 485. The summed E-state index contributed by atoms with van der Waals surface area (Å²) in [7, 11) is 1.15. The Morgan fingerprint density at radius 3 is 2.47 bits per heavy atom. The maximum atomic E-state index is 12.9. The van der Waals surface area contributed by atoms with Crippen LogP contribution in [0.25, 0.3) is 0 Å². The van der Waals surface area contributed by atoms with E-state index in [1.54, 1.807) is 0 Å². The molecule has 1 aromatic carbocycles. The minimum Gasteiger partial charge on any atom is -0.470 e. The predicted molar refractivity (Wildman–Crippen MR) is 65.9 cm³/mol. The largest absolute Gasteiger partial charge is 0.470 e. The van der Waals surface area contributed by atoms with Gasteiger partial charge in [-0.25, -0.2) is 4.79 Å². The van der Waals surface area contributed by atoms with Crippen LogP contribution in [-0.2, 0) is 9.47 Å². The zero-order valence-electron chi connectivity index (χ0n) is 10.2. The third-order valence-electron chi connectivity index (χ3n) is 2.19. The Kier molecular flexibility index (Phi) is 4.88. The molecule has 19 heavy (non-hydrogen) atoms. The van der Waals surface area contributed by atoms with Crippen molar-refractivity contribution in [3.8, 4) is 0 Å². The molecule has 0 aromatic heterocycles. The van der Waals surface area contributed by atoms with Crippen LogP contribution in [0.5, 0.6) is 0 Å². The number of hydrogen-bond donors (Lipinski definition) is 0. The van der Waals surface area contributed by atoms with Crippen molar-refractivity contribution in [1.82, 2.24) is 0 Å². The van der Waals surface area contributed by atoms with E-state index < -0.39 is 18.2 Å². The first kappa shape index (κ1) is 15.4. The molecule has 1 rings (SSSR count). The second-order valence-corrected chi connectivity index (χ2v) is 4.22. The van der Waals surface area contributed by atoms with Crippen LogP contribution in [0.4, 0.5) is 13.2 Å². The summed E-state index contributed by atoms with van der Waals surface area (Å²) in [5.41, 5.74) is -0.195. The molecule has 1 atom stereocenters. The van der Waals surface area contributed by atoms with Crippen LogP contribution < -0.4 is 0 Å². The number of methoxy groups -OCH3 is 1. The maximum absolute atomic E-state index is 12.9. The van der Waals surface area contributed by atoms with Crippen molar-refractivity contribution in [2.45, 2.75) is 19.2 Å². The minimum absolute atomic E-state index is 0.0138. The molecule has 1 aromatic rings. The smallest absolute Gasteiger partial charge is 0.429 e. The lowest BCUT2D eigenvalue weighted by Crippen LogP contribution is -2.25. The lowest BCUT2D eigenvalue weighted by atomic mass is 10.1. The summed E-state index contributed by atoms with van der Waals surface area (Å²) in [6.45, 7) is 1.25. The molecule has 0 fully saturated rings. The molecule has 0 spiro atoms. The highest BCUT2D eigenvalue weighted by Crippen LogP contribution is 2.36. The van der Waals surface area contributed by atoms with Gasteiger partial charge < -0.3 is 9.47 Å². The van der Waals surface area contributed by atoms with Gasteiger partial charge in [-0.1, -0.05) is 12.1 Å². The predicted octanol–water partition coefficient (Wildman–Crippen LogP) is 3.44. The number of benzene rings is 1. The Hall–Kier alpha value is -1.63. The summed E-state index contributed by atoms with van der Waals surface area (Å²) in [6, 6.07) is 4.96. The van der Waals surface area contributed by atoms with Gasteiger partial charge in [0, 0.05) is 12.5 Å². The van der Waals surface area contributed by atoms with Crippen LogP contribution in [-0.4, -0.2) is 24.3 Å². The van der Waals surface area contributed by atoms with Crippen molar-refractivity contribution < 1.29 is 27.4 Å². The Morgan fingerprint density at radius 2 is 2.00 bits per heavy atom. The molecule has 0 aliphatic heterocycles. The molecule has 3 nitrogen and oxygen atoms in total. The fourth-order valence-corrected chi connectivity index (χ4v) is 1.53. The third-order valence-corrected chi connectivity index (χ3v) is 2.29. The lowest BCUT2D eigenvalue weighted by Gasteiger charge is -2.21. The summed E-state index contributed by atoms with van der Waals surface area (Å²) in [5.74, 6) is -0.721. The molecule has 104 valence electrons. The highest BCUT2D eigenvalue weighted by molar-refractivity contribution is 7.80. The SMILES string of the molecule is COC(=O)c1cccc(C(OC(C)=S)C(F)(F)F)c1. The van der Waals surface area contributed by atoms with E-state index in [0.717, 1.165) is 13.2 Å². The van der Waals surface area contributed by atoms with Crippen molar-refractivity contribution in [2.75, 3.05) is 7.11 Å². The number of alkyl halides is 3. The van der Waals surface area contributed by atoms with Crippen LogP contribution >= 0.6 is 12.2 Å².